The number of carbonyl (C=O) groups is 2. The maximum atomic E-state index is 12.0. The number of hydrogen-bond donors (Lipinski definition) is 2. The number of carbonyl (C=O) groups excluding carboxylic acids is 2. The summed E-state index contributed by atoms with van der Waals surface area (Å²) in [4.78, 5) is 33.9. The fourth-order valence-corrected chi connectivity index (χ4v) is 1.97. The average molecular weight is 321 g/mol. The predicted molar refractivity (Wildman–Crippen MR) is 78.8 cm³/mol. The lowest BCUT2D eigenvalue weighted by Gasteiger charge is -2.04. The minimum absolute atomic E-state index is 0.0750. The molecule has 2 heterocycles. The van der Waals surface area contributed by atoms with Gasteiger partial charge in [0.05, 0.1) is 10.6 Å². The van der Waals surface area contributed by atoms with Crippen LogP contribution in [0.4, 0.5) is 11.4 Å². The van der Waals surface area contributed by atoms with E-state index >= 15 is 0 Å². The van der Waals surface area contributed by atoms with Gasteiger partial charge in [-0.2, -0.15) is 10.2 Å². The molecule has 0 saturated carbocycles. The zero-order chi connectivity index (χ0) is 17.1. The molecule has 0 aliphatic heterocycles. The van der Waals surface area contributed by atoms with Crippen molar-refractivity contribution < 1.29 is 14.5 Å². The molecule has 2 rings (SSSR count). The van der Waals surface area contributed by atoms with Crippen molar-refractivity contribution in [2.45, 2.75) is 13.5 Å². The second kappa shape index (κ2) is 6.25. The molecule has 2 N–H and O–H groups in total. The number of nitrogens with one attached hydrogen (secondary N) is 2. The van der Waals surface area contributed by atoms with E-state index in [1.165, 1.54) is 35.7 Å². The van der Waals surface area contributed by atoms with Crippen LogP contribution in [0.5, 0.6) is 0 Å². The largest absolute Gasteiger partial charge is 0.354 e. The van der Waals surface area contributed by atoms with E-state index in [-0.39, 0.29) is 29.3 Å². The number of aromatic nitrogens is 4. The highest BCUT2D eigenvalue weighted by molar-refractivity contribution is 6.02. The quantitative estimate of drug-likeness (QED) is 0.579. The Bertz CT molecular complexity index is 776. The lowest BCUT2D eigenvalue weighted by atomic mass is 10.3. The maximum absolute atomic E-state index is 12.0. The summed E-state index contributed by atoms with van der Waals surface area (Å²) in [5.74, 6) is -0.924. The number of amides is 2. The lowest BCUT2D eigenvalue weighted by Crippen LogP contribution is -2.23. The van der Waals surface area contributed by atoms with Gasteiger partial charge in [0.25, 0.3) is 5.91 Å². The van der Waals surface area contributed by atoms with Crippen LogP contribution in [0.15, 0.2) is 12.4 Å². The van der Waals surface area contributed by atoms with Crippen LogP contribution in [0.25, 0.3) is 0 Å². The molecule has 2 amide bonds. The van der Waals surface area contributed by atoms with Crippen LogP contribution in [0.3, 0.4) is 0 Å². The van der Waals surface area contributed by atoms with Crippen LogP contribution in [0.2, 0.25) is 0 Å². The Kier molecular flexibility index (Phi) is 4.39. The number of hydrogen-bond acceptors (Lipinski definition) is 6. The van der Waals surface area contributed by atoms with Crippen LogP contribution in [-0.4, -0.2) is 43.3 Å². The van der Waals surface area contributed by atoms with Gasteiger partial charge in [0, 0.05) is 20.3 Å². The molecule has 0 saturated heterocycles. The van der Waals surface area contributed by atoms with Crippen LogP contribution in [-0.2, 0) is 18.4 Å². The van der Waals surface area contributed by atoms with Gasteiger partial charge in [-0.3, -0.25) is 29.1 Å². The van der Waals surface area contributed by atoms with Gasteiger partial charge in [-0.05, 0) is 6.92 Å². The first-order valence-electron chi connectivity index (χ1n) is 6.55. The molecule has 0 atom stereocenters. The summed E-state index contributed by atoms with van der Waals surface area (Å²) in [5.41, 5.74) is 0.377. The number of anilines is 1. The smallest absolute Gasteiger partial charge is 0.309 e. The normalized spacial score (nSPS) is 10.4. The van der Waals surface area contributed by atoms with E-state index < -0.39 is 16.7 Å². The molecule has 0 bridgehead atoms. The highest BCUT2D eigenvalue weighted by atomic mass is 16.6. The predicted octanol–water partition coefficient (Wildman–Crippen LogP) is -0.168. The van der Waals surface area contributed by atoms with Crippen molar-refractivity contribution in [3.05, 3.63) is 33.9 Å². The highest BCUT2D eigenvalue weighted by Gasteiger charge is 2.19. The van der Waals surface area contributed by atoms with Crippen molar-refractivity contribution in [2.24, 2.45) is 7.05 Å². The van der Waals surface area contributed by atoms with Gasteiger partial charge in [0.2, 0.25) is 5.91 Å². The Balaban J connectivity index is 2.13. The van der Waals surface area contributed by atoms with Gasteiger partial charge < -0.3 is 10.6 Å². The van der Waals surface area contributed by atoms with Crippen LogP contribution in [0, 0.1) is 17.0 Å². The first-order chi connectivity index (χ1) is 10.8. The third kappa shape index (κ3) is 3.51. The van der Waals surface area contributed by atoms with Gasteiger partial charge in [-0.1, -0.05) is 0 Å². The minimum atomic E-state index is -0.568. The summed E-state index contributed by atoms with van der Waals surface area (Å²) in [7, 11) is 3.07. The molecular weight excluding hydrogens is 306 g/mol. The number of nitrogens with zero attached hydrogens (tertiary/aromatic N) is 5. The third-order valence-electron chi connectivity index (χ3n) is 2.97. The SMILES string of the molecule is CNC(=O)c1nn(C)cc1NC(=O)Cn1cc([N+](=O)[O-])c(C)n1. The molecule has 2 aromatic heterocycles. The number of rotatable bonds is 5. The van der Waals surface area contributed by atoms with Crippen molar-refractivity contribution in [3.63, 3.8) is 0 Å². The Labute approximate surface area is 130 Å². The second-order valence-electron chi connectivity index (χ2n) is 4.75. The fourth-order valence-electron chi connectivity index (χ4n) is 1.97. The van der Waals surface area contributed by atoms with Gasteiger partial charge in [-0.15, -0.1) is 0 Å². The van der Waals surface area contributed by atoms with E-state index in [1.807, 2.05) is 0 Å². The molecule has 2 aromatic rings. The molecule has 0 fully saturated rings. The van der Waals surface area contributed by atoms with Crippen molar-refractivity contribution in [2.75, 3.05) is 12.4 Å². The Morgan fingerprint density at radius 2 is 2.04 bits per heavy atom. The zero-order valence-electron chi connectivity index (χ0n) is 12.7. The fraction of sp³-hybridized carbons (Fsp3) is 0.333. The number of nitro groups is 1. The topological polar surface area (TPSA) is 137 Å². The lowest BCUT2D eigenvalue weighted by molar-refractivity contribution is -0.385. The van der Waals surface area contributed by atoms with Crippen LogP contribution >= 0.6 is 0 Å². The first kappa shape index (κ1) is 16.1. The standard InChI is InChI=1S/C12H15N7O4/c1-7-9(19(22)23)5-18(15-7)6-10(20)14-8-4-17(3)16-11(8)12(21)13-2/h4-5H,6H2,1-3H3,(H,13,21)(H,14,20). The van der Waals surface area contributed by atoms with E-state index in [1.54, 1.807) is 7.05 Å². The average Bonchev–Trinajstić information content (AvgIpc) is 3.00. The molecule has 0 spiro atoms. The molecule has 11 nitrogen and oxygen atoms in total. The molecule has 0 aliphatic carbocycles. The van der Waals surface area contributed by atoms with Crippen LogP contribution < -0.4 is 10.6 Å². The second-order valence-corrected chi connectivity index (χ2v) is 4.75. The van der Waals surface area contributed by atoms with E-state index in [0.717, 1.165) is 0 Å². The molecule has 23 heavy (non-hydrogen) atoms. The maximum Gasteiger partial charge on any atom is 0.309 e. The summed E-state index contributed by atoms with van der Waals surface area (Å²) in [6, 6.07) is 0. The molecular formula is C12H15N7O4. The van der Waals surface area contributed by atoms with E-state index in [9.17, 15) is 19.7 Å². The van der Waals surface area contributed by atoms with Crippen LogP contribution in [0.1, 0.15) is 16.2 Å². The van der Waals surface area contributed by atoms with Gasteiger partial charge in [0.15, 0.2) is 5.69 Å². The Hall–Kier alpha value is -3.24. The van der Waals surface area contributed by atoms with Crippen molar-refractivity contribution in [1.29, 1.82) is 0 Å². The summed E-state index contributed by atoms with van der Waals surface area (Å²) < 4.78 is 2.56. The van der Waals surface area contributed by atoms with Crippen molar-refractivity contribution >= 4 is 23.2 Å². The van der Waals surface area contributed by atoms with Crippen molar-refractivity contribution in [1.82, 2.24) is 24.9 Å². The molecule has 0 radical (unpaired) electrons. The molecule has 0 aliphatic rings. The number of aryl methyl sites for hydroxylation is 2. The van der Waals surface area contributed by atoms with Gasteiger partial charge in [0.1, 0.15) is 18.4 Å². The summed E-state index contributed by atoms with van der Waals surface area (Å²) in [5, 5.41) is 23.6. The molecule has 11 heteroatoms. The minimum Gasteiger partial charge on any atom is -0.354 e. The Morgan fingerprint density at radius 1 is 1.35 bits per heavy atom. The highest BCUT2D eigenvalue weighted by Crippen LogP contribution is 2.16. The molecule has 0 aromatic carbocycles. The summed E-state index contributed by atoms with van der Waals surface area (Å²) >= 11 is 0. The molecule has 122 valence electrons. The third-order valence-corrected chi connectivity index (χ3v) is 2.97. The summed E-state index contributed by atoms with van der Waals surface area (Å²) in [6.07, 6.45) is 2.66. The van der Waals surface area contributed by atoms with E-state index in [0.29, 0.717) is 0 Å². The van der Waals surface area contributed by atoms with Gasteiger partial charge >= 0.3 is 5.69 Å². The zero-order valence-corrected chi connectivity index (χ0v) is 12.7. The molecule has 0 unspecified atom stereocenters. The monoisotopic (exact) mass is 321 g/mol. The first-order valence-corrected chi connectivity index (χ1v) is 6.55. The summed E-state index contributed by atoms with van der Waals surface area (Å²) in [6.45, 7) is 1.26. The van der Waals surface area contributed by atoms with E-state index in [4.69, 9.17) is 0 Å². The Morgan fingerprint density at radius 3 is 2.61 bits per heavy atom. The van der Waals surface area contributed by atoms with E-state index in [2.05, 4.69) is 20.8 Å². The van der Waals surface area contributed by atoms with Crippen molar-refractivity contribution in [3.8, 4) is 0 Å². The van der Waals surface area contributed by atoms with Gasteiger partial charge in [-0.25, -0.2) is 0 Å².